The summed E-state index contributed by atoms with van der Waals surface area (Å²) in [5.41, 5.74) is 1.34. The number of likely N-dealkylation sites (tertiary alicyclic amines) is 1. The fraction of sp³-hybridized carbons (Fsp3) is 0.526. The van der Waals surface area contributed by atoms with E-state index < -0.39 is 17.8 Å². The Bertz CT molecular complexity index is 715. The van der Waals surface area contributed by atoms with Gasteiger partial charge in [0.1, 0.15) is 0 Å². The van der Waals surface area contributed by atoms with Crippen LogP contribution in [0.15, 0.2) is 18.2 Å². The topological polar surface area (TPSA) is 75.7 Å². The molecule has 1 heterocycles. The highest BCUT2D eigenvalue weighted by molar-refractivity contribution is 6.31. The monoisotopic (exact) mass is 378 g/mol. The standard InChI is InChI=1S/C19H23ClN2O4/c1-12-15(20)7-4-8-16(12)21-17(23)11-26-19(25)13-9-18(24)22(10-13)14-5-2-3-6-14/h4,7-8,13-14H,2-3,5-6,9-11H2,1H3,(H,21,23)/t13-/m0/s1. The normalized spacial score (nSPS) is 20.5. The van der Waals surface area contributed by atoms with Crippen molar-refractivity contribution in [3.8, 4) is 0 Å². The van der Waals surface area contributed by atoms with Crippen LogP contribution in [0.3, 0.4) is 0 Å². The molecular formula is C19H23ClN2O4. The number of carbonyl (C=O) groups is 3. The minimum Gasteiger partial charge on any atom is -0.455 e. The lowest BCUT2D eigenvalue weighted by molar-refractivity contribution is -0.151. The van der Waals surface area contributed by atoms with Crippen molar-refractivity contribution >= 4 is 35.1 Å². The van der Waals surface area contributed by atoms with Gasteiger partial charge in [0.2, 0.25) is 5.91 Å². The van der Waals surface area contributed by atoms with Crippen LogP contribution in [-0.2, 0) is 19.1 Å². The summed E-state index contributed by atoms with van der Waals surface area (Å²) in [5.74, 6) is -1.39. The number of ether oxygens (including phenoxy) is 1. The summed E-state index contributed by atoms with van der Waals surface area (Å²) in [6, 6.07) is 5.46. The van der Waals surface area contributed by atoms with Gasteiger partial charge in [-0.2, -0.15) is 0 Å². The molecule has 0 radical (unpaired) electrons. The number of nitrogens with one attached hydrogen (secondary N) is 1. The van der Waals surface area contributed by atoms with E-state index in [9.17, 15) is 14.4 Å². The average molecular weight is 379 g/mol. The number of anilines is 1. The molecule has 0 spiro atoms. The predicted molar refractivity (Wildman–Crippen MR) is 97.9 cm³/mol. The third-order valence-electron chi connectivity index (χ3n) is 5.14. The van der Waals surface area contributed by atoms with Crippen LogP contribution >= 0.6 is 11.6 Å². The maximum Gasteiger partial charge on any atom is 0.311 e. The largest absolute Gasteiger partial charge is 0.455 e. The number of hydrogen-bond acceptors (Lipinski definition) is 4. The summed E-state index contributed by atoms with van der Waals surface area (Å²) >= 11 is 6.02. The smallest absolute Gasteiger partial charge is 0.311 e. The van der Waals surface area contributed by atoms with E-state index in [1.54, 1.807) is 25.1 Å². The van der Waals surface area contributed by atoms with E-state index in [2.05, 4.69) is 5.32 Å². The molecular weight excluding hydrogens is 356 g/mol. The number of rotatable bonds is 5. The average Bonchev–Trinajstić information content (AvgIpc) is 3.26. The molecule has 0 bridgehead atoms. The second-order valence-corrected chi connectivity index (χ2v) is 7.36. The van der Waals surface area contributed by atoms with Gasteiger partial charge in [-0.1, -0.05) is 30.5 Å². The highest BCUT2D eigenvalue weighted by atomic mass is 35.5. The third-order valence-corrected chi connectivity index (χ3v) is 5.55. The van der Waals surface area contributed by atoms with Gasteiger partial charge >= 0.3 is 5.97 Å². The van der Waals surface area contributed by atoms with Crippen molar-refractivity contribution in [1.82, 2.24) is 4.90 Å². The van der Waals surface area contributed by atoms with Gasteiger partial charge in [-0.15, -0.1) is 0 Å². The summed E-state index contributed by atoms with van der Waals surface area (Å²) in [7, 11) is 0. The quantitative estimate of drug-likeness (QED) is 0.799. The van der Waals surface area contributed by atoms with Gasteiger partial charge in [0, 0.05) is 29.7 Å². The molecule has 6 nitrogen and oxygen atoms in total. The number of halogens is 1. The Morgan fingerprint density at radius 3 is 2.77 bits per heavy atom. The fourth-order valence-corrected chi connectivity index (χ4v) is 3.82. The Morgan fingerprint density at radius 2 is 2.04 bits per heavy atom. The van der Waals surface area contributed by atoms with Gasteiger partial charge in [-0.25, -0.2) is 0 Å². The van der Waals surface area contributed by atoms with Crippen molar-refractivity contribution in [3.63, 3.8) is 0 Å². The van der Waals surface area contributed by atoms with Gasteiger partial charge in [0.05, 0.1) is 5.92 Å². The zero-order chi connectivity index (χ0) is 18.7. The van der Waals surface area contributed by atoms with Crippen molar-refractivity contribution in [2.75, 3.05) is 18.5 Å². The lowest BCUT2D eigenvalue weighted by Crippen LogP contribution is -2.35. The summed E-state index contributed by atoms with van der Waals surface area (Å²) in [4.78, 5) is 38.2. The molecule has 0 unspecified atom stereocenters. The van der Waals surface area contributed by atoms with Gasteiger partial charge in [-0.3, -0.25) is 14.4 Å². The summed E-state index contributed by atoms with van der Waals surface area (Å²) in [6.45, 7) is 1.82. The van der Waals surface area contributed by atoms with E-state index >= 15 is 0 Å². The molecule has 1 aromatic rings. The van der Waals surface area contributed by atoms with Crippen molar-refractivity contribution in [2.45, 2.75) is 45.1 Å². The van der Waals surface area contributed by atoms with Crippen molar-refractivity contribution in [1.29, 1.82) is 0 Å². The predicted octanol–water partition coefficient (Wildman–Crippen LogP) is 2.92. The van der Waals surface area contributed by atoms with Crippen LogP contribution in [0.4, 0.5) is 5.69 Å². The van der Waals surface area contributed by atoms with Crippen LogP contribution in [0, 0.1) is 12.8 Å². The van der Waals surface area contributed by atoms with E-state index in [0.717, 1.165) is 31.2 Å². The maximum absolute atomic E-state index is 12.2. The SMILES string of the molecule is Cc1c(Cl)cccc1NC(=O)COC(=O)[C@H]1CC(=O)N(C2CCCC2)C1. The molecule has 1 atom stereocenters. The molecule has 2 aliphatic rings. The van der Waals surface area contributed by atoms with E-state index in [1.807, 2.05) is 4.90 Å². The van der Waals surface area contributed by atoms with Gasteiger partial charge in [0.25, 0.3) is 5.91 Å². The van der Waals surface area contributed by atoms with Gasteiger partial charge in [0.15, 0.2) is 6.61 Å². The summed E-state index contributed by atoms with van der Waals surface area (Å²) in [5, 5.41) is 3.23. The Labute approximate surface area is 157 Å². The van der Waals surface area contributed by atoms with Crippen LogP contribution in [0.5, 0.6) is 0 Å². The minimum absolute atomic E-state index is 0.0119. The zero-order valence-electron chi connectivity index (χ0n) is 14.8. The number of carbonyl (C=O) groups excluding carboxylic acids is 3. The number of nitrogens with zero attached hydrogens (tertiary/aromatic N) is 1. The van der Waals surface area contributed by atoms with Crippen molar-refractivity contribution < 1.29 is 19.1 Å². The number of hydrogen-bond donors (Lipinski definition) is 1. The van der Waals surface area contributed by atoms with E-state index in [0.29, 0.717) is 17.3 Å². The second kappa shape index (κ2) is 8.08. The molecule has 140 valence electrons. The summed E-state index contributed by atoms with van der Waals surface area (Å²) in [6.07, 6.45) is 4.45. The molecule has 2 amide bonds. The van der Waals surface area contributed by atoms with Crippen LogP contribution in [0.25, 0.3) is 0 Å². The minimum atomic E-state index is -0.489. The summed E-state index contributed by atoms with van der Waals surface area (Å²) < 4.78 is 5.13. The first-order valence-electron chi connectivity index (χ1n) is 8.96. The van der Waals surface area contributed by atoms with Crippen LogP contribution < -0.4 is 5.32 Å². The highest BCUT2D eigenvalue weighted by Crippen LogP contribution is 2.30. The van der Waals surface area contributed by atoms with E-state index in [1.165, 1.54) is 0 Å². The van der Waals surface area contributed by atoms with E-state index in [4.69, 9.17) is 16.3 Å². The van der Waals surface area contributed by atoms with Crippen LogP contribution in [0.1, 0.15) is 37.7 Å². The van der Waals surface area contributed by atoms with Gasteiger partial charge in [-0.05, 0) is 37.5 Å². The molecule has 1 saturated carbocycles. The molecule has 7 heteroatoms. The first kappa shape index (κ1) is 18.7. The Morgan fingerprint density at radius 1 is 1.31 bits per heavy atom. The Kier molecular flexibility index (Phi) is 5.81. The van der Waals surface area contributed by atoms with E-state index in [-0.39, 0.29) is 25.0 Å². The van der Waals surface area contributed by atoms with Crippen molar-refractivity contribution in [3.05, 3.63) is 28.8 Å². The number of amides is 2. The fourth-order valence-electron chi connectivity index (χ4n) is 3.64. The maximum atomic E-state index is 12.2. The van der Waals surface area contributed by atoms with Gasteiger partial charge < -0.3 is 15.0 Å². The lowest BCUT2D eigenvalue weighted by atomic mass is 10.1. The molecule has 3 rings (SSSR count). The molecule has 1 N–H and O–H groups in total. The lowest BCUT2D eigenvalue weighted by Gasteiger charge is -2.23. The molecule has 0 aromatic heterocycles. The molecule has 1 aromatic carbocycles. The zero-order valence-corrected chi connectivity index (χ0v) is 15.6. The highest BCUT2D eigenvalue weighted by Gasteiger charge is 2.39. The molecule has 2 fully saturated rings. The van der Waals surface area contributed by atoms with Crippen molar-refractivity contribution in [2.24, 2.45) is 5.92 Å². The Hall–Kier alpha value is -2.08. The third kappa shape index (κ3) is 4.18. The molecule has 1 aliphatic heterocycles. The molecule has 26 heavy (non-hydrogen) atoms. The Balaban J connectivity index is 1.48. The van der Waals surface area contributed by atoms with Crippen LogP contribution in [-0.4, -0.2) is 41.9 Å². The first-order chi connectivity index (χ1) is 12.5. The van der Waals surface area contributed by atoms with Crippen LogP contribution in [0.2, 0.25) is 5.02 Å². The molecule has 1 aliphatic carbocycles. The molecule has 1 saturated heterocycles. The number of benzene rings is 1. The second-order valence-electron chi connectivity index (χ2n) is 6.95. The first-order valence-corrected chi connectivity index (χ1v) is 9.34. The number of esters is 1.